The molecule has 0 spiro atoms. The third-order valence-electron chi connectivity index (χ3n) is 4.86. The van der Waals surface area contributed by atoms with Crippen molar-refractivity contribution >= 4 is 0 Å². The van der Waals surface area contributed by atoms with Crippen LogP contribution in [0.2, 0.25) is 0 Å². The van der Waals surface area contributed by atoms with Crippen LogP contribution >= 0.6 is 0 Å². The summed E-state index contributed by atoms with van der Waals surface area (Å²) in [4.78, 5) is 5.13. The number of hydrogen-bond acceptors (Lipinski definition) is 4. The van der Waals surface area contributed by atoms with Gasteiger partial charge in [-0.3, -0.25) is 0 Å². The molecular weight excluding hydrogens is 236 g/mol. The van der Waals surface area contributed by atoms with Crippen molar-refractivity contribution in [2.75, 3.05) is 33.2 Å². The van der Waals surface area contributed by atoms with Crippen LogP contribution in [0.25, 0.3) is 0 Å². The Labute approximate surface area is 117 Å². The van der Waals surface area contributed by atoms with E-state index in [1.807, 2.05) is 6.92 Å². The largest absolute Gasteiger partial charge is 0.314 e. The topological polar surface area (TPSA) is 56.3 Å². The molecule has 0 saturated carbocycles. The van der Waals surface area contributed by atoms with Crippen molar-refractivity contribution in [2.24, 2.45) is 11.7 Å². The molecule has 2 N–H and O–H groups in total. The first-order chi connectivity index (χ1) is 9.02. The Hall–Kier alpha value is -0.630. The average Bonchev–Trinajstić information content (AvgIpc) is 2.39. The molecule has 2 saturated heterocycles. The van der Waals surface area contributed by atoms with Crippen LogP contribution in [0.15, 0.2) is 0 Å². The minimum absolute atomic E-state index is 0.649. The lowest BCUT2D eigenvalue weighted by molar-refractivity contribution is 0.0377. The number of nitrogens with zero attached hydrogens (tertiary/aromatic N) is 3. The SMILES string of the molecule is CN1CCCC2CN(CCCC(C)(N)C#N)CCC21. The lowest BCUT2D eigenvalue weighted by atomic mass is 9.84. The fourth-order valence-corrected chi connectivity index (χ4v) is 3.66. The molecule has 2 fully saturated rings. The summed E-state index contributed by atoms with van der Waals surface area (Å²) in [5.41, 5.74) is 5.22. The summed E-state index contributed by atoms with van der Waals surface area (Å²) in [5, 5.41) is 8.92. The van der Waals surface area contributed by atoms with Gasteiger partial charge in [-0.2, -0.15) is 5.26 Å². The maximum atomic E-state index is 8.92. The van der Waals surface area contributed by atoms with Crippen LogP contribution in [0.5, 0.6) is 0 Å². The van der Waals surface area contributed by atoms with Crippen LogP contribution in [-0.2, 0) is 0 Å². The molecule has 2 rings (SSSR count). The first-order valence-electron chi connectivity index (χ1n) is 7.64. The van der Waals surface area contributed by atoms with Gasteiger partial charge >= 0.3 is 0 Å². The second-order valence-corrected chi connectivity index (χ2v) is 6.67. The highest BCUT2D eigenvalue weighted by atomic mass is 15.2. The summed E-state index contributed by atoms with van der Waals surface area (Å²) < 4.78 is 0. The molecule has 2 aliphatic heterocycles. The molecule has 0 radical (unpaired) electrons. The number of rotatable bonds is 4. The number of nitrogens with two attached hydrogens (primary N) is 1. The van der Waals surface area contributed by atoms with Gasteiger partial charge in [-0.1, -0.05) is 0 Å². The highest BCUT2D eigenvalue weighted by Crippen LogP contribution is 2.29. The molecule has 0 amide bonds. The second-order valence-electron chi connectivity index (χ2n) is 6.67. The first-order valence-corrected chi connectivity index (χ1v) is 7.64. The van der Waals surface area contributed by atoms with Crippen LogP contribution in [0.4, 0.5) is 0 Å². The van der Waals surface area contributed by atoms with Crippen LogP contribution < -0.4 is 5.73 Å². The lowest BCUT2D eigenvalue weighted by Crippen LogP contribution is -2.52. The number of hydrogen-bond donors (Lipinski definition) is 1. The highest BCUT2D eigenvalue weighted by Gasteiger charge is 2.33. The molecule has 2 heterocycles. The van der Waals surface area contributed by atoms with Crippen molar-refractivity contribution in [3.63, 3.8) is 0 Å². The molecule has 0 bridgehead atoms. The van der Waals surface area contributed by atoms with Crippen molar-refractivity contribution in [3.05, 3.63) is 0 Å². The normalized spacial score (nSPS) is 32.3. The molecule has 2 aliphatic rings. The van der Waals surface area contributed by atoms with Gasteiger partial charge in [-0.15, -0.1) is 0 Å². The van der Waals surface area contributed by atoms with E-state index >= 15 is 0 Å². The van der Waals surface area contributed by atoms with Gasteiger partial charge in [0.1, 0.15) is 5.54 Å². The number of nitriles is 1. The van der Waals surface area contributed by atoms with E-state index in [0.717, 1.165) is 31.3 Å². The minimum atomic E-state index is -0.649. The predicted octanol–water partition coefficient (Wildman–Crippen LogP) is 1.42. The fraction of sp³-hybridized carbons (Fsp3) is 0.933. The van der Waals surface area contributed by atoms with E-state index in [4.69, 9.17) is 11.0 Å². The van der Waals surface area contributed by atoms with Crippen LogP contribution in [0.1, 0.15) is 39.0 Å². The molecule has 108 valence electrons. The van der Waals surface area contributed by atoms with Crippen LogP contribution in [-0.4, -0.2) is 54.6 Å². The number of likely N-dealkylation sites (tertiary alicyclic amines) is 2. The van der Waals surface area contributed by atoms with Crippen LogP contribution in [0.3, 0.4) is 0 Å². The Balaban J connectivity index is 1.74. The van der Waals surface area contributed by atoms with Crippen molar-refractivity contribution < 1.29 is 0 Å². The highest BCUT2D eigenvalue weighted by molar-refractivity contribution is 5.00. The minimum Gasteiger partial charge on any atom is -0.314 e. The number of piperidine rings is 2. The molecule has 19 heavy (non-hydrogen) atoms. The lowest BCUT2D eigenvalue weighted by Gasteiger charge is -2.46. The van der Waals surface area contributed by atoms with Gasteiger partial charge in [0.05, 0.1) is 6.07 Å². The predicted molar refractivity (Wildman–Crippen MR) is 77.6 cm³/mol. The van der Waals surface area contributed by atoms with E-state index in [1.165, 1.54) is 38.9 Å². The Morgan fingerprint density at radius 2 is 2.16 bits per heavy atom. The second kappa shape index (κ2) is 6.21. The zero-order valence-electron chi connectivity index (χ0n) is 12.4. The molecule has 4 heteroatoms. The van der Waals surface area contributed by atoms with Gasteiger partial charge in [-0.05, 0) is 71.6 Å². The summed E-state index contributed by atoms with van der Waals surface area (Å²) >= 11 is 0. The monoisotopic (exact) mass is 264 g/mol. The van der Waals surface area contributed by atoms with Gasteiger partial charge in [-0.25, -0.2) is 0 Å². The van der Waals surface area contributed by atoms with E-state index in [1.54, 1.807) is 0 Å². The summed E-state index contributed by atoms with van der Waals surface area (Å²) in [6.07, 6.45) is 5.88. The molecule has 0 aromatic rings. The zero-order valence-corrected chi connectivity index (χ0v) is 12.4. The maximum absolute atomic E-state index is 8.92. The Morgan fingerprint density at radius 3 is 2.89 bits per heavy atom. The van der Waals surface area contributed by atoms with Crippen molar-refractivity contribution in [3.8, 4) is 6.07 Å². The Kier molecular flexibility index (Phi) is 4.83. The summed E-state index contributed by atoms with van der Waals surface area (Å²) in [5.74, 6) is 0.854. The molecular formula is C15H28N4. The van der Waals surface area contributed by atoms with E-state index in [0.29, 0.717) is 0 Å². The quantitative estimate of drug-likeness (QED) is 0.834. The van der Waals surface area contributed by atoms with Gasteiger partial charge < -0.3 is 15.5 Å². The third kappa shape index (κ3) is 3.92. The van der Waals surface area contributed by atoms with Gasteiger partial charge in [0.25, 0.3) is 0 Å². The standard InChI is InChI=1S/C15H28N4/c1-15(17,12-16)7-4-9-19-10-6-14-13(11-19)5-3-8-18(14)2/h13-14H,3-11,17H2,1-2H3. The Bertz CT molecular complexity index is 334. The van der Waals surface area contributed by atoms with E-state index < -0.39 is 5.54 Å². The molecule has 0 aromatic carbocycles. The molecule has 3 unspecified atom stereocenters. The first kappa shape index (κ1) is 14.8. The third-order valence-corrected chi connectivity index (χ3v) is 4.86. The molecule has 4 nitrogen and oxygen atoms in total. The van der Waals surface area contributed by atoms with Gasteiger partial charge in [0.15, 0.2) is 0 Å². The van der Waals surface area contributed by atoms with Crippen molar-refractivity contribution in [1.29, 1.82) is 5.26 Å². The maximum Gasteiger partial charge on any atom is 0.101 e. The summed E-state index contributed by atoms with van der Waals surface area (Å²) in [6, 6.07) is 2.99. The van der Waals surface area contributed by atoms with Crippen molar-refractivity contribution in [1.82, 2.24) is 9.80 Å². The molecule has 0 aromatic heterocycles. The molecule has 3 atom stereocenters. The van der Waals surface area contributed by atoms with Crippen LogP contribution in [0, 0.1) is 17.2 Å². The summed E-state index contributed by atoms with van der Waals surface area (Å²) in [6.45, 7) is 6.65. The van der Waals surface area contributed by atoms with E-state index in [-0.39, 0.29) is 0 Å². The van der Waals surface area contributed by atoms with E-state index in [9.17, 15) is 0 Å². The summed E-state index contributed by atoms with van der Waals surface area (Å²) in [7, 11) is 2.28. The smallest absolute Gasteiger partial charge is 0.101 e. The Morgan fingerprint density at radius 1 is 1.37 bits per heavy atom. The zero-order chi connectivity index (χ0) is 13.9. The fourth-order valence-electron chi connectivity index (χ4n) is 3.66. The molecule has 0 aliphatic carbocycles. The average molecular weight is 264 g/mol. The van der Waals surface area contributed by atoms with E-state index in [2.05, 4.69) is 22.9 Å². The van der Waals surface area contributed by atoms with Gasteiger partial charge in [0.2, 0.25) is 0 Å². The van der Waals surface area contributed by atoms with Gasteiger partial charge in [0, 0.05) is 12.6 Å². The number of fused-ring (bicyclic) bond motifs is 1. The van der Waals surface area contributed by atoms with Crippen molar-refractivity contribution in [2.45, 2.75) is 50.6 Å².